The summed E-state index contributed by atoms with van der Waals surface area (Å²) in [6, 6.07) is 3.69. The molecule has 55 heavy (non-hydrogen) atoms. The van der Waals surface area contributed by atoms with E-state index in [9.17, 15) is 4.79 Å². The quantitative estimate of drug-likeness (QED) is 0.0612. The molecule has 0 aromatic carbocycles. The van der Waals surface area contributed by atoms with Gasteiger partial charge in [-0.25, -0.2) is 4.79 Å². The van der Waals surface area contributed by atoms with Gasteiger partial charge >= 0.3 is 5.97 Å². The van der Waals surface area contributed by atoms with Crippen LogP contribution in [0.1, 0.15) is 59.8 Å². The average molecular weight is 926 g/mol. The molecule has 3 aliphatic rings. The third-order valence-electron chi connectivity index (χ3n) is 11.8. The molecular formula is C37H84O9Si9. The molecule has 3 unspecified atom stereocenters. The van der Waals surface area contributed by atoms with Crippen molar-refractivity contribution in [2.24, 2.45) is 0 Å². The van der Waals surface area contributed by atoms with E-state index in [4.69, 9.17) is 35.4 Å². The number of carbonyl (C=O) groups excluding carboxylic acids is 1. The Hall–Kier alpha value is 0.882. The monoisotopic (exact) mass is 924 g/mol. The Kier molecular flexibility index (Phi) is 16.5. The van der Waals surface area contributed by atoms with Crippen LogP contribution in [0.5, 0.6) is 0 Å². The Morgan fingerprint density at radius 3 is 1.45 bits per heavy atom. The minimum atomic E-state index is -3.32. The average Bonchev–Trinajstić information content (AvgIpc) is 2.99. The zero-order valence-electron chi connectivity index (χ0n) is 38.9. The van der Waals surface area contributed by atoms with Crippen LogP contribution in [-0.4, -0.2) is 112 Å². The van der Waals surface area contributed by atoms with Crippen LogP contribution in [-0.2, 0) is 40.2 Å². The molecule has 3 heterocycles. The minimum Gasteiger partial charge on any atom is -0.522 e. The zero-order chi connectivity index (χ0) is 42.2. The lowest BCUT2D eigenvalue weighted by atomic mass is 10.1. The van der Waals surface area contributed by atoms with Crippen molar-refractivity contribution in [2.75, 3.05) is 13.2 Å². The highest BCUT2D eigenvalue weighted by atomic mass is 29.3. The Labute approximate surface area is 348 Å². The van der Waals surface area contributed by atoms with Crippen LogP contribution in [0.25, 0.3) is 0 Å². The van der Waals surface area contributed by atoms with Crippen molar-refractivity contribution in [3.8, 4) is 0 Å². The summed E-state index contributed by atoms with van der Waals surface area (Å²) in [6.45, 7) is 45.0. The van der Waals surface area contributed by atoms with Gasteiger partial charge in [0.1, 0.15) is 0 Å². The first kappa shape index (κ1) is 50.2. The van der Waals surface area contributed by atoms with Crippen LogP contribution in [0.15, 0.2) is 11.3 Å². The molecular weight excluding hydrogens is 841 g/mol. The second-order valence-electron chi connectivity index (χ2n) is 21.9. The van der Waals surface area contributed by atoms with Crippen molar-refractivity contribution >= 4 is 81.1 Å². The van der Waals surface area contributed by atoms with Crippen molar-refractivity contribution in [2.45, 2.75) is 204 Å². The van der Waals surface area contributed by atoms with Gasteiger partial charge in [0, 0.05) is 23.4 Å². The van der Waals surface area contributed by atoms with Gasteiger partial charge in [0.15, 0.2) is 52.9 Å². The summed E-state index contributed by atoms with van der Waals surface area (Å²) >= 11 is 0. The summed E-state index contributed by atoms with van der Waals surface area (Å²) in [5.41, 5.74) is 2.45. The number of hydrogen-bond acceptors (Lipinski definition) is 9. The Bertz CT molecular complexity index is 1230. The van der Waals surface area contributed by atoms with Crippen LogP contribution in [0, 0.1) is 0 Å². The molecule has 3 saturated heterocycles. The van der Waals surface area contributed by atoms with Crippen LogP contribution >= 0.6 is 0 Å². The third-order valence-corrected chi connectivity index (χ3v) is 46.8. The van der Waals surface area contributed by atoms with E-state index in [2.05, 4.69) is 125 Å². The Morgan fingerprint density at radius 2 is 1.13 bits per heavy atom. The minimum absolute atomic E-state index is 0.153. The first-order chi connectivity index (χ1) is 24.8. The standard InChI is InChI=1S/C37H84O9Si9/c1-20-27-47-41-33(38)32(2)30-53(19)31-37(36(3,4)46-52(53,17)18,54(28-23-21-25-39-54)34(42-48(5,6)7)43-49(8,9)10)55(29-24-22-26-40-55)35(44-50(11,12)13)45-51(14,15)16/h30,34-35H,20-29,31,47H2,1-19H3. The van der Waals surface area contributed by atoms with Crippen LogP contribution < -0.4 is 0 Å². The number of hydrogen-bond donors (Lipinski definition) is 0. The largest absolute Gasteiger partial charge is 0.522 e. The van der Waals surface area contributed by atoms with E-state index in [-0.39, 0.29) is 5.97 Å². The van der Waals surface area contributed by atoms with E-state index in [1.165, 1.54) is 0 Å². The first-order valence-corrected chi connectivity index (χ1v) is 47.7. The van der Waals surface area contributed by atoms with Crippen molar-refractivity contribution in [1.29, 1.82) is 0 Å². The molecule has 0 saturated carbocycles. The fourth-order valence-electron chi connectivity index (χ4n) is 9.47. The topological polar surface area (TPSA) is 90.9 Å². The molecule has 3 fully saturated rings. The molecule has 18 heteroatoms. The van der Waals surface area contributed by atoms with Gasteiger partial charge in [-0.2, -0.15) is 0 Å². The molecule has 0 radical (unpaired) electrons. The molecule has 0 aromatic heterocycles. The fraction of sp³-hybridized carbons (Fsp3) is 0.919. The highest BCUT2D eigenvalue weighted by Gasteiger charge is 2.83. The normalized spacial score (nSPS) is 31.4. The van der Waals surface area contributed by atoms with Crippen molar-refractivity contribution in [3.05, 3.63) is 11.3 Å². The SMILES string of the molecule is CCC[SiH2]OC(=O)C(C)=C[Si]1(C)CC([Si]2(C(O[Si](C)(C)C)O[Si](C)(C)C)CCCCO2)([Si]2(C(O[Si](C)(C)C)O[Si](C)(C)C)CCCCO2)C(C)(C)O[Si]1(C)C. The van der Waals surface area contributed by atoms with Gasteiger partial charge in [0.25, 0.3) is 16.6 Å². The van der Waals surface area contributed by atoms with Crippen molar-refractivity contribution in [1.82, 2.24) is 0 Å². The van der Waals surface area contributed by atoms with Gasteiger partial charge in [-0.3, -0.25) is 0 Å². The van der Waals surface area contributed by atoms with E-state index < -0.39 is 97.2 Å². The molecule has 0 spiro atoms. The van der Waals surface area contributed by atoms with Gasteiger partial charge < -0.3 is 35.4 Å². The van der Waals surface area contributed by atoms with Gasteiger partial charge in [-0.15, -0.1) is 0 Å². The molecule has 3 rings (SSSR count). The van der Waals surface area contributed by atoms with E-state index in [1.807, 2.05) is 6.92 Å². The smallest absolute Gasteiger partial charge is 0.319 e. The Balaban J connectivity index is 2.65. The molecule has 0 bridgehead atoms. The van der Waals surface area contributed by atoms with Crippen LogP contribution in [0.2, 0.25) is 127 Å². The van der Waals surface area contributed by atoms with Gasteiger partial charge in [0.2, 0.25) is 9.76 Å². The highest BCUT2D eigenvalue weighted by Crippen LogP contribution is 2.71. The van der Waals surface area contributed by atoms with Crippen molar-refractivity contribution < 1.29 is 40.2 Å². The maximum absolute atomic E-state index is 13.8. The molecule has 0 aromatic rings. The second kappa shape index (κ2) is 18.1. The second-order valence-corrected chi connectivity index (χ2v) is 63.2. The lowest BCUT2D eigenvalue weighted by Gasteiger charge is -2.72. The maximum atomic E-state index is 13.8. The van der Waals surface area contributed by atoms with E-state index >= 15 is 0 Å². The summed E-state index contributed by atoms with van der Waals surface area (Å²) in [6.07, 6.45) is 5.16. The predicted octanol–water partition coefficient (Wildman–Crippen LogP) is 10.0. The molecule has 0 aliphatic carbocycles. The summed E-state index contributed by atoms with van der Waals surface area (Å²) < 4.78 is 59.1. The summed E-state index contributed by atoms with van der Waals surface area (Å²) in [4.78, 5) is 13.8. The summed E-state index contributed by atoms with van der Waals surface area (Å²) in [5.74, 6) is -1.13. The van der Waals surface area contributed by atoms with Gasteiger partial charge in [-0.1, -0.05) is 38.4 Å². The number of carbonyl (C=O) groups is 1. The number of rotatable bonds is 17. The first-order valence-electron chi connectivity index (χ1n) is 21.4. The van der Waals surface area contributed by atoms with E-state index in [1.54, 1.807) is 0 Å². The van der Waals surface area contributed by atoms with Crippen molar-refractivity contribution in [3.63, 3.8) is 0 Å². The highest BCUT2D eigenvalue weighted by molar-refractivity contribution is 7.41. The molecule has 322 valence electrons. The van der Waals surface area contributed by atoms with Gasteiger partial charge in [-0.05, 0) is 149 Å². The molecule has 3 aliphatic heterocycles. The third kappa shape index (κ3) is 11.6. The molecule has 0 N–H and O–H groups in total. The predicted molar refractivity (Wildman–Crippen MR) is 252 cm³/mol. The van der Waals surface area contributed by atoms with E-state index in [0.717, 1.165) is 61.9 Å². The fourth-order valence-corrected chi connectivity index (χ4v) is 49.5. The van der Waals surface area contributed by atoms with Crippen LogP contribution in [0.3, 0.4) is 0 Å². The Morgan fingerprint density at radius 1 is 0.727 bits per heavy atom. The van der Waals surface area contributed by atoms with E-state index in [0.29, 0.717) is 13.2 Å². The lowest BCUT2D eigenvalue weighted by Crippen LogP contribution is -2.87. The maximum Gasteiger partial charge on any atom is 0.319 e. The lowest BCUT2D eigenvalue weighted by molar-refractivity contribution is -0.130. The summed E-state index contributed by atoms with van der Waals surface area (Å²) in [7, 11) is -21.5. The molecule has 9 nitrogen and oxygen atoms in total. The van der Waals surface area contributed by atoms with Crippen LogP contribution in [0.4, 0.5) is 0 Å². The molecule has 3 atom stereocenters. The zero-order valence-corrected chi connectivity index (χ0v) is 48.3. The van der Waals surface area contributed by atoms with Gasteiger partial charge in [0.05, 0.1) is 13.2 Å². The molecule has 0 amide bonds. The summed E-state index contributed by atoms with van der Waals surface area (Å²) in [5, 5.41) is 0.